The molecule has 3 N–H and O–H groups in total. The van der Waals surface area contributed by atoms with Gasteiger partial charge in [-0.25, -0.2) is 4.79 Å². The van der Waals surface area contributed by atoms with Gasteiger partial charge in [0.25, 0.3) is 0 Å². The number of aromatic nitrogens is 1. The first-order valence-electron chi connectivity index (χ1n) is 11.2. The van der Waals surface area contributed by atoms with E-state index in [4.69, 9.17) is 0 Å². The van der Waals surface area contributed by atoms with Crippen molar-refractivity contribution in [2.75, 3.05) is 0 Å². The highest BCUT2D eigenvalue weighted by Crippen LogP contribution is 2.31. The predicted octanol–water partition coefficient (Wildman–Crippen LogP) is 3.70. The van der Waals surface area contributed by atoms with Gasteiger partial charge in [0.15, 0.2) is 0 Å². The first-order chi connectivity index (χ1) is 15.7. The van der Waals surface area contributed by atoms with E-state index in [2.05, 4.69) is 28.2 Å². The zero-order chi connectivity index (χ0) is 24.0. The first kappa shape index (κ1) is 25.2. The standard InChI is InChI=1S/C24H31N3O4S2/c1-15(2)12-19(32)21(28)27-24(9-3-4-10-24)23(31)26-18(22(29)30)13-16-7-8-17(25-14-16)20-6-5-11-33-20/h5-8,11,14-15,18-19,32H,3-4,9-10,12-13H2,1-2H3,(H,26,31)(H,27,28)(H,29,30)/t18?,19-/m1/s1. The zero-order valence-corrected chi connectivity index (χ0v) is 20.6. The molecule has 2 amide bonds. The molecular formula is C24H31N3O4S2. The van der Waals surface area contributed by atoms with E-state index >= 15 is 0 Å². The number of carbonyl (C=O) groups is 3. The maximum Gasteiger partial charge on any atom is 0.326 e. The van der Waals surface area contributed by atoms with Crippen molar-refractivity contribution >= 4 is 41.7 Å². The van der Waals surface area contributed by atoms with Gasteiger partial charge in [0.1, 0.15) is 11.6 Å². The molecule has 1 fully saturated rings. The maximum atomic E-state index is 13.2. The van der Waals surface area contributed by atoms with Gasteiger partial charge in [-0.15, -0.1) is 11.3 Å². The minimum atomic E-state index is -1.13. The highest BCUT2D eigenvalue weighted by atomic mass is 32.1. The Morgan fingerprint density at radius 2 is 1.94 bits per heavy atom. The lowest BCUT2D eigenvalue weighted by Crippen LogP contribution is -2.61. The summed E-state index contributed by atoms with van der Waals surface area (Å²) in [5.41, 5.74) is 0.434. The van der Waals surface area contributed by atoms with Crippen LogP contribution in [0.5, 0.6) is 0 Å². The number of aliphatic carboxylic acids is 1. The van der Waals surface area contributed by atoms with Gasteiger partial charge in [0, 0.05) is 12.6 Å². The van der Waals surface area contributed by atoms with Gasteiger partial charge in [0.2, 0.25) is 11.8 Å². The molecule has 2 aromatic rings. The van der Waals surface area contributed by atoms with Gasteiger partial charge in [0.05, 0.1) is 15.8 Å². The topological polar surface area (TPSA) is 108 Å². The Bertz CT molecular complexity index is 955. The Labute approximate surface area is 203 Å². The molecule has 178 valence electrons. The Kier molecular flexibility index (Phi) is 8.53. The van der Waals surface area contributed by atoms with Crippen LogP contribution in [0.4, 0.5) is 0 Å². The van der Waals surface area contributed by atoms with Crippen molar-refractivity contribution in [1.82, 2.24) is 15.6 Å². The number of thiophene rings is 1. The number of carboxylic acid groups (broad SMARTS) is 1. The third kappa shape index (κ3) is 6.57. The summed E-state index contributed by atoms with van der Waals surface area (Å²) in [6, 6.07) is 6.47. The van der Waals surface area contributed by atoms with Crippen LogP contribution in [0.2, 0.25) is 0 Å². The Morgan fingerprint density at radius 1 is 1.21 bits per heavy atom. The summed E-state index contributed by atoms with van der Waals surface area (Å²) in [7, 11) is 0. The molecule has 1 saturated carbocycles. The lowest BCUT2D eigenvalue weighted by atomic mass is 9.94. The number of pyridine rings is 1. The van der Waals surface area contributed by atoms with E-state index in [0.29, 0.717) is 30.7 Å². The van der Waals surface area contributed by atoms with Gasteiger partial charge in [-0.05, 0) is 48.3 Å². The van der Waals surface area contributed by atoms with Crippen molar-refractivity contribution in [3.05, 3.63) is 41.4 Å². The van der Waals surface area contributed by atoms with E-state index in [1.54, 1.807) is 17.5 Å². The second-order valence-corrected chi connectivity index (χ2v) is 10.6. The number of rotatable bonds is 10. The number of hydrogen-bond acceptors (Lipinski definition) is 6. The lowest BCUT2D eigenvalue weighted by Gasteiger charge is -2.31. The quantitative estimate of drug-likeness (QED) is 0.381. The Hall–Kier alpha value is -2.39. The van der Waals surface area contributed by atoms with Crippen LogP contribution in [0.1, 0.15) is 51.5 Å². The Balaban J connectivity index is 1.68. The van der Waals surface area contributed by atoms with Crippen LogP contribution < -0.4 is 10.6 Å². The van der Waals surface area contributed by atoms with Crippen LogP contribution >= 0.6 is 24.0 Å². The molecule has 33 heavy (non-hydrogen) atoms. The van der Waals surface area contributed by atoms with Gasteiger partial charge in [-0.1, -0.05) is 38.8 Å². The van der Waals surface area contributed by atoms with Gasteiger partial charge in [-0.2, -0.15) is 12.6 Å². The van der Waals surface area contributed by atoms with E-state index in [9.17, 15) is 19.5 Å². The van der Waals surface area contributed by atoms with E-state index in [1.807, 2.05) is 43.5 Å². The molecule has 0 saturated heterocycles. The van der Waals surface area contributed by atoms with Crippen molar-refractivity contribution in [2.24, 2.45) is 5.92 Å². The van der Waals surface area contributed by atoms with Crippen LogP contribution in [0, 0.1) is 5.92 Å². The van der Waals surface area contributed by atoms with Crippen LogP contribution in [-0.4, -0.2) is 44.7 Å². The zero-order valence-electron chi connectivity index (χ0n) is 18.9. The summed E-state index contributed by atoms with van der Waals surface area (Å²) in [5, 5.41) is 16.8. The molecule has 2 aromatic heterocycles. The fourth-order valence-electron chi connectivity index (χ4n) is 4.11. The molecule has 9 heteroatoms. The van der Waals surface area contributed by atoms with Crippen LogP contribution in [0.25, 0.3) is 10.6 Å². The molecule has 1 aliphatic carbocycles. The molecule has 1 unspecified atom stereocenters. The Morgan fingerprint density at radius 3 is 2.48 bits per heavy atom. The minimum Gasteiger partial charge on any atom is -0.480 e. The number of amides is 2. The van der Waals surface area contributed by atoms with E-state index in [0.717, 1.165) is 23.4 Å². The maximum absolute atomic E-state index is 13.2. The van der Waals surface area contributed by atoms with Gasteiger partial charge >= 0.3 is 5.97 Å². The molecule has 0 radical (unpaired) electrons. The minimum absolute atomic E-state index is 0.103. The second-order valence-electron chi connectivity index (χ2n) is 9.02. The fourth-order valence-corrected chi connectivity index (χ4v) is 5.30. The molecule has 0 aliphatic heterocycles. The SMILES string of the molecule is CC(C)C[C@@H](S)C(=O)NC1(C(=O)NC(Cc2ccc(-c3cccs3)nc2)C(=O)O)CCCC1. The van der Waals surface area contributed by atoms with E-state index in [1.165, 1.54) is 0 Å². The molecule has 2 heterocycles. The highest BCUT2D eigenvalue weighted by molar-refractivity contribution is 7.81. The van der Waals surface area contributed by atoms with Crippen molar-refractivity contribution in [3.8, 4) is 10.6 Å². The molecule has 2 atom stereocenters. The van der Waals surface area contributed by atoms with Crippen LogP contribution in [0.3, 0.4) is 0 Å². The third-order valence-electron chi connectivity index (χ3n) is 5.89. The van der Waals surface area contributed by atoms with Crippen molar-refractivity contribution < 1.29 is 19.5 Å². The number of nitrogens with one attached hydrogen (secondary N) is 2. The summed E-state index contributed by atoms with van der Waals surface area (Å²) < 4.78 is 0. The van der Waals surface area contributed by atoms with Crippen molar-refractivity contribution in [1.29, 1.82) is 0 Å². The number of carbonyl (C=O) groups excluding carboxylic acids is 2. The first-order valence-corrected chi connectivity index (χ1v) is 12.6. The summed E-state index contributed by atoms with van der Waals surface area (Å²) in [6.07, 6.45) is 4.89. The molecular weight excluding hydrogens is 458 g/mol. The number of thiol groups is 1. The molecule has 3 rings (SSSR count). The van der Waals surface area contributed by atoms with Gasteiger partial charge in [-0.3, -0.25) is 14.6 Å². The van der Waals surface area contributed by atoms with Crippen LogP contribution in [0.15, 0.2) is 35.8 Å². The molecule has 0 bridgehead atoms. The van der Waals surface area contributed by atoms with E-state index in [-0.39, 0.29) is 12.3 Å². The van der Waals surface area contributed by atoms with Crippen molar-refractivity contribution in [3.63, 3.8) is 0 Å². The largest absolute Gasteiger partial charge is 0.480 e. The smallest absolute Gasteiger partial charge is 0.326 e. The average Bonchev–Trinajstić information content (AvgIpc) is 3.46. The summed E-state index contributed by atoms with van der Waals surface area (Å²) in [4.78, 5) is 43.3. The number of nitrogens with zero attached hydrogens (tertiary/aromatic N) is 1. The number of hydrogen-bond donors (Lipinski definition) is 4. The number of carboxylic acids is 1. The monoisotopic (exact) mass is 489 g/mol. The summed E-state index contributed by atoms with van der Waals surface area (Å²) in [5.74, 6) is -1.57. The summed E-state index contributed by atoms with van der Waals surface area (Å²) >= 11 is 5.98. The highest BCUT2D eigenvalue weighted by Gasteiger charge is 2.44. The second kappa shape index (κ2) is 11.2. The predicted molar refractivity (Wildman–Crippen MR) is 132 cm³/mol. The molecule has 1 aliphatic rings. The van der Waals surface area contributed by atoms with Crippen LogP contribution in [-0.2, 0) is 20.8 Å². The van der Waals surface area contributed by atoms with Crippen molar-refractivity contribution in [2.45, 2.75) is 69.2 Å². The normalized spacial score (nSPS) is 16.8. The average molecular weight is 490 g/mol. The third-order valence-corrected chi connectivity index (χ3v) is 7.23. The molecule has 0 aromatic carbocycles. The molecule has 0 spiro atoms. The summed E-state index contributed by atoms with van der Waals surface area (Å²) in [6.45, 7) is 4.02. The molecule has 7 nitrogen and oxygen atoms in total. The fraction of sp³-hybridized carbons (Fsp3) is 0.500. The van der Waals surface area contributed by atoms with E-state index < -0.39 is 28.7 Å². The van der Waals surface area contributed by atoms with Gasteiger partial charge < -0.3 is 15.7 Å². The lowest BCUT2D eigenvalue weighted by molar-refractivity contribution is -0.143.